The first-order valence-corrected chi connectivity index (χ1v) is 13.2. The van der Waals surface area contributed by atoms with E-state index in [9.17, 15) is 14.4 Å². The summed E-state index contributed by atoms with van der Waals surface area (Å²) in [5.74, 6) is -0.198. The molecule has 9 nitrogen and oxygen atoms in total. The lowest BCUT2D eigenvalue weighted by atomic mass is 9.97. The summed E-state index contributed by atoms with van der Waals surface area (Å²) in [7, 11) is 0. The van der Waals surface area contributed by atoms with Gasteiger partial charge in [-0.3, -0.25) is 19.1 Å². The van der Waals surface area contributed by atoms with Gasteiger partial charge in [-0.1, -0.05) is 17.8 Å². The van der Waals surface area contributed by atoms with Crippen molar-refractivity contribution in [3.05, 3.63) is 46.0 Å². The van der Waals surface area contributed by atoms with Crippen LogP contribution in [0.2, 0.25) is 0 Å². The molecule has 2 N–H and O–H groups in total. The zero-order chi connectivity index (χ0) is 24.6. The molecule has 0 atom stereocenters. The summed E-state index contributed by atoms with van der Waals surface area (Å²) >= 11 is 1.32. The lowest BCUT2D eigenvalue weighted by Gasteiger charge is -2.27. The minimum atomic E-state index is -0.224. The normalized spacial score (nSPS) is 15.9. The molecule has 1 saturated heterocycles. The number of hydrogen-bond acceptors (Lipinski definition) is 7. The fourth-order valence-electron chi connectivity index (χ4n) is 4.58. The Hall–Kier alpha value is -2.69. The highest BCUT2D eigenvalue weighted by atomic mass is 32.2. The van der Waals surface area contributed by atoms with Crippen LogP contribution in [0, 0.1) is 0 Å². The zero-order valence-corrected chi connectivity index (χ0v) is 21.0. The second-order valence-electron chi connectivity index (χ2n) is 8.89. The van der Waals surface area contributed by atoms with Crippen molar-refractivity contribution in [2.45, 2.75) is 50.6 Å². The Balaban J connectivity index is 1.38. The monoisotopic (exact) mass is 499 g/mol. The summed E-state index contributed by atoms with van der Waals surface area (Å²) in [5, 5.41) is 6.24. The number of benzene rings is 1. The van der Waals surface area contributed by atoms with Crippen LogP contribution in [0.25, 0.3) is 0 Å². The van der Waals surface area contributed by atoms with E-state index < -0.39 is 0 Å². The molecule has 1 aliphatic heterocycles. The van der Waals surface area contributed by atoms with E-state index in [-0.39, 0.29) is 23.3 Å². The third kappa shape index (κ3) is 7.16. The molecule has 2 heterocycles. The van der Waals surface area contributed by atoms with E-state index in [0.29, 0.717) is 22.9 Å². The van der Waals surface area contributed by atoms with Crippen LogP contribution in [0.5, 0.6) is 0 Å². The van der Waals surface area contributed by atoms with Gasteiger partial charge in [-0.15, -0.1) is 0 Å². The first-order chi connectivity index (χ1) is 17.0. The van der Waals surface area contributed by atoms with Gasteiger partial charge in [-0.25, -0.2) is 4.79 Å². The van der Waals surface area contributed by atoms with Gasteiger partial charge in [0.15, 0.2) is 0 Å². The number of rotatable bonds is 9. The SMILES string of the molecule is CC(=O)Nc1cccc(NC(=O)CSc2nc(=O)n(CCCN3CCOCC3)c3c2CCCC3)c1. The van der Waals surface area contributed by atoms with E-state index in [2.05, 4.69) is 20.5 Å². The van der Waals surface area contributed by atoms with Crippen molar-refractivity contribution in [2.24, 2.45) is 0 Å². The number of ether oxygens (including phenoxy) is 1. The quantitative estimate of drug-likeness (QED) is 0.403. The molecule has 4 rings (SSSR count). The highest BCUT2D eigenvalue weighted by molar-refractivity contribution is 8.00. The van der Waals surface area contributed by atoms with E-state index in [1.807, 2.05) is 4.57 Å². The Bertz CT molecular complexity index is 1110. The van der Waals surface area contributed by atoms with Crippen LogP contribution in [0.4, 0.5) is 11.4 Å². The molecule has 188 valence electrons. The van der Waals surface area contributed by atoms with Crippen LogP contribution in [0.1, 0.15) is 37.4 Å². The number of nitrogens with one attached hydrogen (secondary N) is 2. The summed E-state index contributed by atoms with van der Waals surface area (Å²) < 4.78 is 7.26. The van der Waals surface area contributed by atoms with E-state index in [1.54, 1.807) is 24.3 Å². The van der Waals surface area contributed by atoms with Crippen molar-refractivity contribution in [1.82, 2.24) is 14.5 Å². The maximum atomic E-state index is 12.9. The molecule has 0 radical (unpaired) electrons. The molecule has 0 spiro atoms. The predicted octanol–water partition coefficient (Wildman–Crippen LogP) is 2.53. The highest BCUT2D eigenvalue weighted by Crippen LogP contribution is 2.28. The van der Waals surface area contributed by atoms with Crippen molar-refractivity contribution in [3.8, 4) is 0 Å². The maximum absolute atomic E-state index is 12.9. The highest BCUT2D eigenvalue weighted by Gasteiger charge is 2.21. The Morgan fingerprint density at radius 1 is 1.09 bits per heavy atom. The number of thioether (sulfide) groups is 1. The Labute approximate surface area is 209 Å². The molecule has 0 saturated carbocycles. The Kier molecular flexibility index (Phi) is 8.95. The van der Waals surface area contributed by atoms with Crippen LogP contribution in [0.3, 0.4) is 0 Å². The van der Waals surface area contributed by atoms with Gasteiger partial charge in [0.05, 0.1) is 19.0 Å². The Morgan fingerprint density at radius 2 is 1.83 bits per heavy atom. The molecule has 2 amide bonds. The lowest BCUT2D eigenvalue weighted by Crippen LogP contribution is -2.38. The van der Waals surface area contributed by atoms with Crippen molar-refractivity contribution in [2.75, 3.05) is 49.2 Å². The lowest BCUT2D eigenvalue weighted by molar-refractivity contribution is -0.114. The molecule has 1 aromatic carbocycles. The van der Waals surface area contributed by atoms with Crippen molar-refractivity contribution in [1.29, 1.82) is 0 Å². The van der Waals surface area contributed by atoms with Gasteiger partial charge < -0.3 is 15.4 Å². The Morgan fingerprint density at radius 3 is 2.60 bits per heavy atom. The number of carbonyl (C=O) groups is 2. The van der Waals surface area contributed by atoms with Gasteiger partial charge in [0, 0.05) is 55.7 Å². The van der Waals surface area contributed by atoms with Crippen LogP contribution < -0.4 is 16.3 Å². The summed E-state index contributed by atoms with van der Waals surface area (Å²) in [4.78, 5) is 43.5. The van der Waals surface area contributed by atoms with Gasteiger partial charge in [-0.05, 0) is 50.3 Å². The number of hydrogen-bond donors (Lipinski definition) is 2. The second kappa shape index (κ2) is 12.3. The first-order valence-electron chi connectivity index (χ1n) is 12.2. The zero-order valence-electron chi connectivity index (χ0n) is 20.2. The van der Waals surface area contributed by atoms with Crippen molar-refractivity contribution >= 4 is 35.0 Å². The smallest absolute Gasteiger partial charge is 0.348 e. The molecule has 1 aromatic heterocycles. The first kappa shape index (κ1) is 25.4. The molecular formula is C25H33N5O4S. The third-order valence-corrected chi connectivity index (χ3v) is 7.23. The van der Waals surface area contributed by atoms with Gasteiger partial charge in [0.2, 0.25) is 11.8 Å². The molecule has 1 fully saturated rings. The van der Waals surface area contributed by atoms with Crippen LogP contribution in [0.15, 0.2) is 34.1 Å². The minimum Gasteiger partial charge on any atom is -0.379 e. The number of aromatic nitrogens is 2. The van der Waals surface area contributed by atoms with E-state index >= 15 is 0 Å². The number of amides is 2. The fourth-order valence-corrected chi connectivity index (χ4v) is 5.46. The van der Waals surface area contributed by atoms with Gasteiger partial charge in [0.1, 0.15) is 5.03 Å². The maximum Gasteiger partial charge on any atom is 0.348 e. The molecule has 1 aliphatic carbocycles. The largest absolute Gasteiger partial charge is 0.379 e. The third-order valence-electron chi connectivity index (χ3n) is 6.22. The number of nitrogens with zero attached hydrogens (tertiary/aromatic N) is 3. The summed E-state index contributed by atoms with van der Waals surface area (Å²) in [6.45, 7) is 6.49. The summed E-state index contributed by atoms with van der Waals surface area (Å²) in [6, 6.07) is 7.01. The van der Waals surface area contributed by atoms with Crippen molar-refractivity contribution < 1.29 is 14.3 Å². The summed E-state index contributed by atoms with van der Waals surface area (Å²) in [6.07, 6.45) is 4.79. The molecule has 2 aromatic rings. The number of anilines is 2. The summed E-state index contributed by atoms with van der Waals surface area (Å²) in [5.41, 5.74) is 3.21. The molecule has 0 bridgehead atoms. The average molecular weight is 500 g/mol. The standard InChI is InChI=1S/C25H33N5O4S/c1-18(31)26-19-6-4-7-20(16-19)27-23(32)17-35-24-21-8-2-3-9-22(21)30(25(33)28-24)11-5-10-29-12-14-34-15-13-29/h4,6-7,16H,2-3,5,8-15,17H2,1H3,(H,26,31)(H,27,32). The topological polar surface area (TPSA) is 106 Å². The number of fused-ring (bicyclic) bond motifs is 1. The van der Waals surface area contributed by atoms with Gasteiger partial charge in [-0.2, -0.15) is 4.98 Å². The molecule has 2 aliphatic rings. The van der Waals surface area contributed by atoms with Crippen LogP contribution in [-0.2, 0) is 33.7 Å². The molecular weight excluding hydrogens is 466 g/mol. The number of morpholine rings is 1. The van der Waals surface area contributed by atoms with Crippen LogP contribution >= 0.6 is 11.8 Å². The second-order valence-corrected chi connectivity index (χ2v) is 9.85. The fraction of sp³-hybridized carbons (Fsp3) is 0.520. The van der Waals surface area contributed by atoms with Crippen LogP contribution in [-0.4, -0.2) is 64.9 Å². The van der Waals surface area contributed by atoms with E-state index in [1.165, 1.54) is 18.7 Å². The number of carbonyl (C=O) groups excluding carboxylic acids is 2. The minimum absolute atomic E-state index is 0.157. The van der Waals surface area contributed by atoms with Crippen molar-refractivity contribution in [3.63, 3.8) is 0 Å². The van der Waals surface area contributed by atoms with Gasteiger partial charge >= 0.3 is 5.69 Å². The van der Waals surface area contributed by atoms with E-state index in [4.69, 9.17) is 4.74 Å². The molecule has 10 heteroatoms. The average Bonchev–Trinajstić information content (AvgIpc) is 2.84. The predicted molar refractivity (Wildman–Crippen MR) is 137 cm³/mol. The van der Waals surface area contributed by atoms with E-state index in [0.717, 1.165) is 76.2 Å². The molecule has 0 unspecified atom stereocenters. The van der Waals surface area contributed by atoms with Gasteiger partial charge in [0.25, 0.3) is 0 Å². The molecule has 35 heavy (non-hydrogen) atoms.